The van der Waals surface area contributed by atoms with Crippen LogP contribution in [0.15, 0.2) is 97.3 Å². The highest BCUT2D eigenvalue weighted by Gasteiger charge is 2.37. The van der Waals surface area contributed by atoms with Gasteiger partial charge in [-0.25, -0.2) is 4.79 Å². The van der Waals surface area contributed by atoms with Gasteiger partial charge in [0.25, 0.3) is 0 Å². The Morgan fingerprint density at radius 2 is 1.31 bits per heavy atom. The molecular formula is C45H47N5O2. The predicted octanol–water partition coefficient (Wildman–Crippen LogP) is 10.1. The zero-order valence-electron chi connectivity index (χ0n) is 30.4. The van der Waals surface area contributed by atoms with Crippen LogP contribution in [0.2, 0.25) is 0 Å². The van der Waals surface area contributed by atoms with Gasteiger partial charge in [0, 0.05) is 46.6 Å². The molecule has 4 aromatic rings. The first-order chi connectivity index (χ1) is 25.2. The molecule has 2 aromatic heterocycles. The monoisotopic (exact) mass is 689 g/mol. The fraction of sp³-hybridized carbons (Fsp3) is 0.356. The molecule has 2 fully saturated rings. The van der Waals surface area contributed by atoms with Gasteiger partial charge in [0.15, 0.2) is 0 Å². The van der Waals surface area contributed by atoms with Gasteiger partial charge >= 0.3 is 6.09 Å². The number of amides is 1. The van der Waals surface area contributed by atoms with E-state index in [1.807, 2.05) is 91.3 Å². The number of rotatable bonds is 8. The molecule has 264 valence electrons. The first-order valence-corrected chi connectivity index (χ1v) is 18.5. The summed E-state index contributed by atoms with van der Waals surface area (Å²) >= 11 is 0. The molecule has 2 aliphatic rings. The number of hydrogen-bond donors (Lipinski definition) is 1. The van der Waals surface area contributed by atoms with E-state index in [0.29, 0.717) is 34.8 Å². The van der Waals surface area contributed by atoms with Crippen LogP contribution in [-0.4, -0.2) is 28.2 Å². The standard InChI is InChI=1S/C45H47N5O2/c1-29-13-22-44(41(32(29)4)21-20-39-19-16-37(28-49-39)43-12-8-6-10-35(43)26-47)52-45(51)50-40-23-30(2)31(3)33(24-40)14-17-38-18-15-36(27-48-38)42-11-7-5-9-34(42)25-46/h5-12,14-21,27-33,40-41,44H,13,22-24H2,1-4H3,(H,50,51)/b17-14+,21-20+/t29-,30-,31+,32+,33+,40?,41-,44-/m0/s1. The Balaban J connectivity index is 1.08. The van der Waals surface area contributed by atoms with Crippen molar-refractivity contribution in [3.8, 4) is 34.4 Å². The topological polar surface area (TPSA) is 112 Å². The highest BCUT2D eigenvalue weighted by atomic mass is 16.6. The maximum Gasteiger partial charge on any atom is 0.407 e. The molecule has 1 N–H and O–H groups in total. The largest absolute Gasteiger partial charge is 0.446 e. The Bertz CT molecular complexity index is 1990. The SMILES string of the molecule is C[C@H]1[C@H](/C=C/c2ccc(-c3ccccc3C#N)cn2)[C@@H](OC(=O)NC2C[C@@H](/C=C/c3ccc(-c4ccccc4C#N)cn3)[C@H](C)[C@@H](C)C2)CC[C@@H]1C. The molecule has 0 bridgehead atoms. The summed E-state index contributed by atoms with van der Waals surface area (Å²) in [4.78, 5) is 22.8. The molecular weight excluding hydrogens is 643 g/mol. The third-order valence-electron chi connectivity index (χ3n) is 11.5. The summed E-state index contributed by atoms with van der Waals surface area (Å²) in [6, 6.07) is 27.6. The Kier molecular flexibility index (Phi) is 11.6. The molecule has 2 aromatic carbocycles. The summed E-state index contributed by atoms with van der Waals surface area (Å²) in [5, 5.41) is 22.2. The summed E-state index contributed by atoms with van der Waals surface area (Å²) < 4.78 is 6.21. The van der Waals surface area contributed by atoms with E-state index >= 15 is 0 Å². The normalized spacial score (nSPS) is 26.0. The minimum Gasteiger partial charge on any atom is -0.446 e. The second-order valence-corrected chi connectivity index (χ2v) is 14.7. The van der Waals surface area contributed by atoms with Crippen LogP contribution in [0.3, 0.4) is 0 Å². The van der Waals surface area contributed by atoms with Gasteiger partial charge in [-0.3, -0.25) is 9.97 Å². The van der Waals surface area contributed by atoms with Crippen LogP contribution in [0.4, 0.5) is 4.79 Å². The number of benzene rings is 2. The summed E-state index contributed by atoms with van der Waals surface area (Å²) in [6.45, 7) is 9.07. The van der Waals surface area contributed by atoms with Gasteiger partial charge in [-0.1, -0.05) is 88.4 Å². The van der Waals surface area contributed by atoms with E-state index in [4.69, 9.17) is 4.74 Å². The second kappa shape index (κ2) is 16.7. The van der Waals surface area contributed by atoms with Crippen LogP contribution in [0.1, 0.15) is 75.9 Å². The lowest BCUT2D eigenvalue weighted by Gasteiger charge is -2.40. The van der Waals surface area contributed by atoms with Crippen molar-refractivity contribution in [1.29, 1.82) is 10.5 Å². The number of hydrogen-bond acceptors (Lipinski definition) is 6. The number of allylic oxidation sites excluding steroid dienone is 1. The van der Waals surface area contributed by atoms with Crippen molar-refractivity contribution in [1.82, 2.24) is 15.3 Å². The summed E-state index contributed by atoms with van der Waals surface area (Å²) in [5.41, 5.74) is 6.52. The van der Waals surface area contributed by atoms with E-state index in [2.05, 4.69) is 73.3 Å². The number of pyridine rings is 2. The first-order valence-electron chi connectivity index (χ1n) is 18.5. The summed E-state index contributed by atoms with van der Waals surface area (Å²) in [6.07, 6.45) is 15.2. The van der Waals surface area contributed by atoms with Crippen molar-refractivity contribution in [2.45, 2.75) is 65.5 Å². The van der Waals surface area contributed by atoms with Crippen molar-refractivity contribution in [3.63, 3.8) is 0 Å². The minimum absolute atomic E-state index is 0.0222. The van der Waals surface area contributed by atoms with Crippen molar-refractivity contribution in [2.75, 3.05) is 0 Å². The molecule has 2 saturated carbocycles. The number of nitrogens with zero attached hydrogens (tertiary/aromatic N) is 4. The molecule has 6 rings (SSSR count). The van der Waals surface area contributed by atoms with Crippen LogP contribution in [0, 0.1) is 58.2 Å². The number of nitrogens with one attached hydrogen (secondary N) is 1. The van der Waals surface area contributed by atoms with E-state index in [9.17, 15) is 15.3 Å². The molecule has 0 spiro atoms. The van der Waals surface area contributed by atoms with Crippen molar-refractivity contribution < 1.29 is 9.53 Å². The van der Waals surface area contributed by atoms with Crippen LogP contribution in [-0.2, 0) is 4.74 Å². The molecule has 0 saturated heterocycles. The van der Waals surface area contributed by atoms with Crippen molar-refractivity contribution in [3.05, 3.63) is 120 Å². The van der Waals surface area contributed by atoms with E-state index < -0.39 is 0 Å². The van der Waals surface area contributed by atoms with Gasteiger partial charge in [0.1, 0.15) is 6.10 Å². The van der Waals surface area contributed by atoms with Crippen LogP contribution >= 0.6 is 0 Å². The molecule has 0 radical (unpaired) electrons. The van der Waals surface area contributed by atoms with E-state index in [-0.39, 0.29) is 30.1 Å². The Morgan fingerprint density at radius 3 is 1.87 bits per heavy atom. The fourth-order valence-electron chi connectivity index (χ4n) is 7.89. The number of ether oxygens (including phenoxy) is 1. The van der Waals surface area contributed by atoms with Crippen LogP contribution in [0.5, 0.6) is 0 Å². The zero-order chi connectivity index (χ0) is 36.6. The number of aromatic nitrogens is 2. The maximum absolute atomic E-state index is 13.4. The van der Waals surface area contributed by atoms with E-state index in [0.717, 1.165) is 59.3 Å². The summed E-state index contributed by atoms with van der Waals surface area (Å²) in [5.74, 6) is 2.12. The first kappa shape index (κ1) is 36.3. The number of alkyl carbamates (subject to hydrolysis) is 1. The highest BCUT2D eigenvalue weighted by Crippen LogP contribution is 2.39. The van der Waals surface area contributed by atoms with Gasteiger partial charge < -0.3 is 10.1 Å². The molecule has 2 aliphatic carbocycles. The maximum atomic E-state index is 13.4. The van der Waals surface area contributed by atoms with Gasteiger partial charge in [-0.2, -0.15) is 10.5 Å². The molecule has 8 atom stereocenters. The lowest BCUT2D eigenvalue weighted by molar-refractivity contribution is 0.0130. The second-order valence-electron chi connectivity index (χ2n) is 14.7. The van der Waals surface area contributed by atoms with Crippen molar-refractivity contribution in [2.24, 2.45) is 35.5 Å². The molecule has 0 aliphatic heterocycles. The van der Waals surface area contributed by atoms with E-state index in [1.54, 1.807) is 0 Å². The highest BCUT2D eigenvalue weighted by molar-refractivity contribution is 5.71. The average Bonchev–Trinajstić information content (AvgIpc) is 3.17. The third kappa shape index (κ3) is 8.49. The number of carbonyl (C=O) groups excluding carboxylic acids is 1. The Hall–Kier alpha value is -5.53. The average molecular weight is 690 g/mol. The van der Waals surface area contributed by atoms with Gasteiger partial charge in [0.05, 0.1) is 34.7 Å². The van der Waals surface area contributed by atoms with Crippen molar-refractivity contribution >= 4 is 18.2 Å². The number of nitriles is 2. The quantitative estimate of drug-likeness (QED) is 0.197. The smallest absolute Gasteiger partial charge is 0.407 e. The van der Waals surface area contributed by atoms with Crippen LogP contribution < -0.4 is 5.32 Å². The summed E-state index contributed by atoms with van der Waals surface area (Å²) in [7, 11) is 0. The van der Waals surface area contributed by atoms with Gasteiger partial charge in [-0.05, 0) is 91.7 Å². The fourth-order valence-corrected chi connectivity index (χ4v) is 7.89. The third-order valence-corrected chi connectivity index (χ3v) is 11.5. The van der Waals surface area contributed by atoms with Gasteiger partial charge in [0.2, 0.25) is 0 Å². The zero-order valence-corrected chi connectivity index (χ0v) is 30.4. The van der Waals surface area contributed by atoms with Crippen LogP contribution in [0.25, 0.3) is 34.4 Å². The molecule has 7 heteroatoms. The Morgan fingerprint density at radius 1 is 0.731 bits per heavy atom. The minimum atomic E-state index is -0.340. The Labute approximate surface area is 308 Å². The molecule has 7 nitrogen and oxygen atoms in total. The molecule has 1 unspecified atom stereocenters. The lowest BCUT2D eigenvalue weighted by Crippen LogP contribution is -2.46. The van der Waals surface area contributed by atoms with E-state index in [1.165, 1.54) is 0 Å². The lowest BCUT2D eigenvalue weighted by atomic mass is 9.71. The molecule has 52 heavy (non-hydrogen) atoms. The molecule has 2 heterocycles. The predicted molar refractivity (Wildman–Crippen MR) is 206 cm³/mol. The number of carbonyl (C=O) groups is 1. The molecule has 1 amide bonds. The van der Waals surface area contributed by atoms with Gasteiger partial charge in [-0.15, -0.1) is 0 Å².